The number of rotatable bonds is 3. The van der Waals surface area contributed by atoms with Crippen molar-refractivity contribution in [1.29, 1.82) is 0 Å². The zero-order valence-electron chi connectivity index (χ0n) is 8.32. The molecule has 1 aromatic carbocycles. The molecule has 1 saturated heterocycles. The highest BCUT2D eigenvalue weighted by molar-refractivity contribution is 5.69. The highest BCUT2D eigenvalue weighted by Crippen LogP contribution is 2.25. The van der Waals surface area contributed by atoms with Crippen molar-refractivity contribution in [2.24, 2.45) is 0 Å². The molecule has 0 radical (unpaired) electrons. The summed E-state index contributed by atoms with van der Waals surface area (Å²) in [4.78, 5) is 15.5. The molecule has 1 unspecified atom stereocenters. The van der Waals surface area contributed by atoms with E-state index in [0.29, 0.717) is 6.61 Å². The summed E-state index contributed by atoms with van der Waals surface area (Å²) in [6.07, 6.45) is -0.827. The summed E-state index contributed by atoms with van der Waals surface area (Å²) in [7, 11) is 0. The van der Waals surface area contributed by atoms with Crippen molar-refractivity contribution in [1.82, 2.24) is 10.8 Å². The minimum atomic E-state index is -0.480. The van der Waals surface area contributed by atoms with Crippen LogP contribution in [0.3, 0.4) is 0 Å². The average Bonchev–Trinajstić information content (AvgIpc) is 2.66. The van der Waals surface area contributed by atoms with Gasteiger partial charge in [-0.3, -0.25) is 5.32 Å². The van der Waals surface area contributed by atoms with E-state index in [1.807, 2.05) is 31.2 Å². The van der Waals surface area contributed by atoms with Gasteiger partial charge in [0.2, 0.25) is 0 Å². The number of para-hydroxylation sites is 1. The molecule has 1 aliphatic rings. The molecule has 2 rings (SSSR count). The van der Waals surface area contributed by atoms with Crippen LogP contribution in [0.4, 0.5) is 4.79 Å². The summed E-state index contributed by atoms with van der Waals surface area (Å²) >= 11 is 0. The van der Waals surface area contributed by atoms with Gasteiger partial charge in [-0.15, -0.1) is 5.48 Å². The fraction of sp³-hybridized carbons (Fsp3) is 0.300. The number of hydrogen-bond acceptors (Lipinski definition) is 4. The first-order chi connectivity index (χ1) is 7.31. The Morgan fingerprint density at radius 1 is 1.47 bits per heavy atom. The molecule has 80 valence electrons. The van der Waals surface area contributed by atoms with Gasteiger partial charge in [0.1, 0.15) is 11.9 Å². The minimum absolute atomic E-state index is 0.347. The van der Waals surface area contributed by atoms with E-state index >= 15 is 0 Å². The second kappa shape index (κ2) is 4.18. The molecule has 5 nitrogen and oxygen atoms in total. The van der Waals surface area contributed by atoms with E-state index in [0.717, 1.165) is 11.3 Å². The van der Waals surface area contributed by atoms with E-state index in [1.165, 1.54) is 0 Å². The van der Waals surface area contributed by atoms with Crippen molar-refractivity contribution >= 4 is 6.09 Å². The second-order valence-corrected chi connectivity index (χ2v) is 3.06. The van der Waals surface area contributed by atoms with Crippen molar-refractivity contribution in [3.05, 3.63) is 29.8 Å². The fourth-order valence-corrected chi connectivity index (χ4v) is 1.44. The Morgan fingerprint density at radius 2 is 2.27 bits per heavy atom. The van der Waals surface area contributed by atoms with Gasteiger partial charge in [-0.1, -0.05) is 18.2 Å². The molecule has 1 aromatic rings. The predicted octanol–water partition coefficient (Wildman–Crippen LogP) is 1.33. The molecule has 1 atom stereocenters. The molecule has 5 heteroatoms. The lowest BCUT2D eigenvalue weighted by atomic mass is 10.1. The first-order valence-electron chi connectivity index (χ1n) is 4.76. The average molecular weight is 208 g/mol. The highest BCUT2D eigenvalue weighted by Gasteiger charge is 2.25. The maximum absolute atomic E-state index is 10.9. The Labute approximate surface area is 87.3 Å². The van der Waals surface area contributed by atoms with Gasteiger partial charge in [0.15, 0.2) is 0 Å². The largest absolute Gasteiger partial charge is 0.493 e. The van der Waals surface area contributed by atoms with Gasteiger partial charge in [0.25, 0.3) is 0 Å². The number of hydrogen-bond donors (Lipinski definition) is 2. The van der Waals surface area contributed by atoms with Gasteiger partial charge in [-0.05, 0) is 13.0 Å². The van der Waals surface area contributed by atoms with Gasteiger partial charge >= 0.3 is 6.09 Å². The number of ether oxygens (including phenoxy) is 1. The lowest BCUT2D eigenvalue weighted by Crippen LogP contribution is -2.22. The third-order valence-corrected chi connectivity index (χ3v) is 2.06. The van der Waals surface area contributed by atoms with E-state index in [-0.39, 0.29) is 6.17 Å². The first-order valence-corrected chi connectivity index (χ1v) is 4.76. The summed E-state index contributed by atoms with van der Waals surface area (Å²) in [5.41, 5.74) is 3.43. The van der Waals surface area contributed by atoms with E-state index in [1.54, 1.807) is 0 Å². The second-order valence-electron chi connectivity index (χ2n) is 3.06. The molecule has 2 N–H and O–H groups in total. The molecule has 0 spiro atoms. The lowest BCUT2D eigenvalue weighted by Gasteiger charge is -2.13. The predicted molar refractivity (Wildman–Crippen MR) is 53.1 cm³/mol. The Kier molecular flexibility index (Phi) is 2.73. The topological polar surface area (TPSA) is 59.6 Å². The van der Waals surface area contributed by atoms with Crippen LogP contribution in [0, 0.1) is 0 Å². The normalized spacial score (nSPS) is 19.5. The number of carbonyl (C=O) groups excluding carboxylic acids is 1. The number of amides is 1. The minimum Gasteiger partial charge on any atom is -0.493 e. The van der Waals surface area contributed by atoms with Crippen molar-refractivity contribution in [2.75, 3.05) is 6.61 Å². The molecule has 0 saturated carbocycles. The summed E-state index contributed by atoms with van der Waals surface area (Å²) in [5.74, 6) is 0.739. The van der Waals surface area contributed by atoms with Crippen LogP contribution < -0.4 is 15.5 Å². The third kappa shape index (κ3) is 2.02. The Morgan fingerprint density at radius 3 is 2.93 bits per heavy atom. The molecule has 0 aromatic heterocycles. The molecular weight excluding hydrogens is 196 g/mol. The Balaban J connectivity index is 2.22. The van der Waals surface area contributed by atoms with Crippen LogP contribution in [-0.2, 0) is 4.84 Å². The number of benzene rings is 1. The molecule has 1 fully saturated rings. The van der Waals surface area contributed by atoms with Crippen molar-refractivity contribution < 1.29 is 14.4 Å². The summed E-state index contributed by atoms with van der Waals surface area (Å²) in [6, 6.07) is 7.48. The Hall–Kier alpha value is -1.75. The van der Waals surface area contributed by atoms with Crippen molar-refractivity contribution in [3.63, 3.8) is 0 Å². The van der Waals surface area contributed by atoms with Crippen molar-refractivity contribution in [2.45, 2.75) is 13.1 Å². The van der Waals surface area contributed by atoms with Crippen LogP contribution in [-0.4, -0.2) is 12.7 Å². The van der Waals surface area contributed by atoms with Crippen LogP contribution in [0.15, 0.2) is 24.3 Å². The number of carbonyl (C=O) groups is 1. The van der Waals surface area contributed by atoms with Crippen LogP contribution in [0.5, 0.6) is 5.75 Å². The van der Waals surface area contributed by atoms with Gasteiger partial charge in [-0.25, -0.2) is 4.79 Å². The number of nitrogens with one attached hydrogen (secondary N) is 2. The summed E-state index contributed by atoms with van der Waals surface area (Å²) in [5, 5.41) is 2.62. The third-order valence-electron chi connectivity index (χ3n) is 2.06. The van der Waals surface area contributed by atoms with E-state index in [9.17, 15) is 4.79 Å². The molecule has 1 aliphatic heterocycles. The lowest BCUT2D eigenvalue weighted by molar-refractivity contribution is 0.121. The maximum atomic E-state index is 10.9. The summed E-state index contributed by atoms with van der Waals surface area (Å²) in [6.45, 7) is 2.49. The monoisotopic (exact) mass is 208 g/mol. The van der Waals surface area contributed by atoms with Crippen LogP contribution in [0.1, 0.15) is 18.7 Å². The van der Waals surface area contributed by atoms with Crippen LogP contribution in [0.2, 0.25) is 0 Å². The van der Waals surface area contributed by atoms with Gasteiger partial charge in [0.05, 0.1) is 6.61 Å². The first kappa shape index (κ1) is 9.79. The quantitative estimate of drug-likeness (QED) is 0.786. The molecule has 1 amide bonds. The number of hydroxylamine groups is 1. The SMILES string of the molecule is CCOc1ccccc1C1NOC(=O)N1. The molecule has 15 heavy (non-hydrogen) atoms. The fourth-order valence-electron chi connectivity index (χ4n) is 1.44. The summed E-state index contributed by atoms with van der Waals surface area (Å²) < 4.78 is 5.44. The van der Waals surface area contributed by atoms with Crippen molar-refractivity contribution in [3.8, 4) is 5.75 Å². The van der Waals surface area contributed by atoms with Crippen LogP contribution >= 0.6 is 0 Å². The maximum Gasteiger partial charge on any atom is 0.427 e. The van der Waals surface area contributed by atoms with Gasteiger partial charge < -0.3 is 9.57 Å². The zero-order valence-corrected chi connectivity index (χ0v) is 8.32. The molecule has 0 aliphatic carbocycles. The zero-order chi connectivity index (χ0) is 10.7. The Bertz CT molecular complexity index is 367. The van der Waals surface area contributed by atoms with E-state index in [4.69, 9.17) is 4.74 Å². The highest BCUT2D eigenvalue weighted by atomic mass is 16.7. The molecule has 0 bridgehead atoms. The van der Waals surface area contributed by atoms with Gasteiger partial charge in [0, 0.05) is 5.56 Å². The standard InChI is InChI=1S/C10H12N2O3/c1-2-14-8-6-4-3-5-7(8)9-11-10(13)15-12-9/h3-6,9,12H,2H2,1H3,(H,11,13). The van der Waals surface area contributed by atoms with E-state index in [2.05, 4.69) is 15.6 Å². The molecular formula is C10H12N2O3. The van der Waals surface area contributed by atoms with Gasteiger partial charge in [-0.2, -0.15) is 0 Å². The van der Waals surface area contributed by atoms with Crippen LogP contribution in [0.25, 0.3) is 0 Å². The smallest absolute Gasteiger partial charge is 0.427 e. The van der Waals surface area contributed by atoms with E-state index < -0.39 is 6.09 Å². The molecule has 1 heterocycles.